The minimum atomic E-state index is -2.07. The second kappa shape index (κ2) is 2.99. The first-order chi connectivity index (χ1) is 5.41. The van der Waals surface area contributed by atoms with Crippen LogP contribution in [0.5, 0.6) is 0 Å². The molecule has 0 aromatic carbocycles. The Morgan fingerprint density at radius 3 is 2.42 bits per heavy atom. The fourth-order valence-electron chi connectivity index (χ4n) is 0.687. The molecule has 1 rings (SSSR count). The van der Waals surface area contributed by atoms with Crippen molar-refractivity contribution in [3.05, 3.63) is 12.1 Å². The molecule has 12 heavy (non-hydrogen) atoms. The Hall–Kier alpha value is -0.680. The molecule has 1 unspecified atom stereocenters. The monoisotopic (exact) mass is 189 g/mol. The van der Waals surface area contributed by atoms with Crippen LogP contribution in [0.1, 0.15) is 26.7 Å². The topological polar surface area (TPSA) is 63.3 Å². The molecule has 0 spiro atoms. The maximum atomic E-state index is 10.5. The van der Waals surface area contributed by atoms with E-state index >= 15 is 0 Å². The van der Waals surface area contributed by atoms with Gasteiger partial charge in [0.25, 0.3) is 0 Å². The van der Waals surface area contributed by atoms with Crippen molar-refractivity contribution in [2.45, 2.75) is 31.3 Å². The fourth-order valence-corrected chi connectivity index (χ4v) is 0.980. The van der Waals surface area contributed by atoms with E-state index in [1.807, 2.05) is 20.8 Å². The van der Waals surface area contributed by atoms with E-state index in [0.29, 0.717) is 5.89 Å². The molecule has 0 amide bonds. The van der Waals surface area contributed by atoms with Gasteiger partial charge in [0.05, 0.1) is 6.20 Å². The highest BCUT2D eigenvalue weighted by molar-refractivity contribution is 7.79. The van der Waals surface area contributed by atoms with E-state index in [0.717, 1.165) is 0 Å². The quantitative estimate of drug-likeness (QED) is 0.681. The van der Waals surface area contributed by atoms with Crippen LogP contribution < -0.4 is 0 Å². The van der Waals surface area contributed by atoms with Gasteiger partial charge in [-0.05, 0) is 0 Å². The molecule has 0 radical (unpaired) electrons. The van der Waals surface area contributed by atoms with Crippen LogP contribution in [0.4, 0.5) is 0 Å². The highest BCUT2D eigenvalue weighted by Crippen LogP contribution is 2.22. The van der Waals surface area contributed by atoms with Crippen LogP contribution in [0.2, 0.25) is 0 Å². The number of rotatable bonds is 1. The van der Waals surface area contributed by atoms with Crippen molar-refractivity contribution in [1.82, 2.24) is 4.98 Å². The van der Waals surface area contributed by atoms with Crippen molar-refractivity contribution in [3.63, 3.8) is 0 Å². The molecule has 1 aromatic heterocycles. The van der Waals surface area contributed by atoms with Crippen molar-refractivity contribution < 1.29 is 13.2 Å². The third-order valence-corrected chi connectivity index (χ3v) is 1.83. The number of hydrogen-bond donors (Lipinski definition) is 1. The first-order valence-electron chi connectivity index (χ1n) is 3.48. The third kappa shape index (κ3) is 1.92. The summed E-state index contributed by atoms with van der Waals surface area (Å²) in [4.78, 5) is 3.89. The molecule has 1 N–H and O–H groups in total. The zero-order valence-electron chi connectivity index (χ0n) is 7.20. The predicted molar refractivity (Wildman–Crippen MR) is 44.2 cm³/mol. The zero-order valence-corrected chi connectivity index (χ0v) is 8.01. The third-order valence-electron chi connectivity index (χ3n) is 1.30. The summed E-state index contributed by atoms with van der Waals surface area (Å²) in [5.41, 5.74) is -0.225. The van der Waals surface area contributed by atoms with Gasteiger partial charge in [-0.25, -0.2) is 9.19 Å². The van der Waals surface area contributed by atoms with Gasteiger partial charge in [0, 0.05) is 5.41 Å². The lowest BCUT2D eigenvalue weighted by Gasteiger charge is -2.11. The van der Waals surface area contributed by atoms with Crippen LogP contribution >= 0.6 is 0 Å². The molecule has 0 saturated carbocycles. The molecule has 0 aliphatic heterocycles. The summed E-state index contributed by atoms with van der Waals surface area (Å²) in [7, 11) is 0. The van der Waals surface area contributed by atoms with Gasteiger partial charge in [-0.2, -0.15) is 0 Å². The number of oxazole rings is 1. The summed E-state index contributed by atoms with van der Waals surface area (Å²) in [6.45, 7) is 5.76. The second-order valence-electron chi connectivity index (χ2n) is 3.48. The average Bonchev–Trinajstić information content (AvgIpc) is 2.30. The smallest absolute Gasteiger partial charge is 0.238 e. The lowest BCUT2D eigenvalue weighted by Crippen LogP contribution is -2.10. The van der Waals surface area contributed by atoms with Gasteiger partial charge in [0.1, 0.15) is 0 Å². The molecule has 4 nitrogen and oxygen atoms in total. The zero-order chi connectivity index (χ0) is 9.35. The van der Waals surface area contributed by atoms with Gasteiger partial charge in [0.2, 0.25) is 22.1 Å². The van der Waals surface area contributed by atoms with Crippen LogP contribution in [0.25, 0.3) is 0 Å². The molecule has 68 valence electrons. The molecule has 0 fully saturated rings. The summed E-state index contributed by atoms with van der Waals surface area (Å²) >= 11 is -2.07. The summed E-state index contributed by atoms with van der Waals surface area (Å²) < 4.78 is 24.2. The molecular weight excluding hydrogens is 178 g/mol. The van der Waals surface area contributed by atoms with Gasteiger partial charge in [-0.1, -0.05) is 20.8 Å². The Bertz CT molecular complexity index is 300. The molecule has 1 atom stereocenters. The summed E-state index contributed by atoms with van der Waals surface area (Å²) in [5, 5.41) is -0.0000694. The van der Waals surface area contributed by atoms with Gasteiger partial charge >= 0.3 is 0 Å². The van der Waals surface area contributed by atoms with E-state index in [9.17, 15) is 4.21 Å². The van der Waals surface area contributed by atoms with E-state index in [1.165, 1.54) is 6.20 Å². The van der Waals surface area contributed by atoms with Crippen molar-refractivity contribution in [2.75, 3.05) is 0 Å². The van der Waals surface area contributed by atoms with E-state index in [2.05, 4.69) is 4.98 Å². The molecule has 0 saturated heterocycles. The Balaban J connectivity index is 3.00. The highest BCUT2D eigenvalue weighted by Gasteiger charge is 2.21. The van der Waals surface area contributed by atoms with E-state index < -0.39 is 11.1 Å². The molecule has 1 heterocycles. The Labute approximate surface area is 73.3 Å². The normalized spacial score (nSPS) is 14.7. The Kier molecular flexibility index (Phi) is 2.34. The molecule has 0 bridgehead atoms. The summed E-state index contributed by atoms with van der Waals surface area (Å²) in [6.07, 6.45) is 1.27. The number of nitrogens with zero attached hydrogens (tertiary/aromatic N) is 1. The first-order valence-corrected chi connectivity index (χ1v) is 4.59. The summed E-state index contributed by atoms with van der Waals surface area (Å²) in [6, 6.07) is 0. The maximum Gasteiger partial charge on any atom is 0.238 e. The maximum absolute atomic E-state index is 10.5. The molecular formula is C7H11NO3S. The van der Waals surface area contributed by atoms with Gasteiger partial charge in [0.15, 0.2) is 0 Å². The van der Waals surface area contributed by atoms with E-state index in [4.69, 9.17) is 8.97 Å². The second-order valence-corrected chi connectivity index (χ2v) is 4.38. The molecule has 5 heteroatoms. The number of aromatic nitrogens is 1. The molecule has 0 aliphatic rings. The predicted octanol–water partition coefficient (Wildman–Crippen LogP) is 1.55. The first kappa shape index (κ1) is 9.41. The molecule has 1 aromatic rings. The van der Waals surface area contributed by atoms with Crippen molar-refractivity contribution >= 4 is 11.1 Å². The summed E-state index contributed by atoms with van der Waals surface area (Å²) in [5.74, 6) is 0.472. The lowest BCUT2D eigenvalue weighted by molar-refractivity contribution is 0.341. The molecule has 0 aliphatic carbocycles. The number of hydrogen-bond acceptors (Lipinski definition) is 3. The Morgan fingerprint density at radius 2 is 2.17 bits per heavy atom. The minimum Gasteiger partial charge on any atom is -0.429 e. The van der Waals surface area contributed by atoms with Crippen LogP contribution in [0, 0.1) is 0 Å². The van der Waals surface area contributed by atoms with Gasteiger partial charge in [-0.15, -0.1) is 0 Å². The standard InChI is InChI=1S/C7H11NO3S/c1-7(2,3)6-8-4-5(11-6)12(9)10/h4H,1-3H3,(H,9,10). The minimum absolute atomic E-state index is 0.0000694. The SMILES string of the molecule is CC(C)(C)c1ncc(S(=O)O)o1. The highest BCUT2D eigenvalue weighted by atomic mass is 32.2. The van der Waals surface area contributed by atoms with Crippen molar-refractivity contribution in [3.8, 4) is 0 Å². The van der Waals surface area contributed by atoms with Crippen LogP contribution in [0.15, 0.2) is 15.7 Å². The van der Waals surface area contributed by atoms with Crippen LogP contribution in [-0.2, 0) is 16.5 Å². The largest absolute Gasteiger partial charge is 0.429 e. The van der Waals surface area contributed by atoms with Crippen molar-refractivity contribution in [1.29, 1.82) is 0 Å². The van der Waals surface area contributed by atoms with Crippen LogP contribution in [-0.4, -0.2) is 13.7 Å². The van der Waals surface area contributed by atoms with Crippen molar-refractivity contribution in [2.24, 2.45) is 0 Å². The average molecular weight is 189 g/mol. The van der Waals surface area contributed by atoms with Gasteiger partial charge in [-0.3, -0.25) is 4.55 Å². The van der Waals surface area contributed by atoms with E-state index in [1.54, 1.807) is 0 Å². The Morgan fingerprint density at radius 1 is 1.58 bits per heavy atom. The van der Waals surface area contributed by atoms with Gasteiger partial charge < -0.3 is 4.42 Å². The fraction of sp³-hybridized carbons (Fsp3) is 0.571. The van der Waals surface area contributed by atoms with Crippen LogP contribution in [0.3, 0.4) is 0 Å². The van der Waals surface area contributed by atoms with E-state index in [-0.39, 0.29) is 10.5 Å². The lowest BCUT2D eigenvalue weighted by atomic mass is 9.97.